The Balaban J connectivity index is 2.54. The first-order chi connectivity index (χ1) is 5.84. The largest absolute Gasteiger partial charge is 0.338 e. The van der Waals surface area contributed by atoms with Crippen LogP contribution in [0.5, 0.6) is 0 Å². The summed E-state index contributed by atoms with van der Waals surface area (Å²) < 4.78 is 0. The van der Waals surface area contributed by atoms with Crippen LogP contribution in [0.25, 0.3) is 0 Å². The molecule has 0 aliphatic heterocycles. The van der Waals surface area contributed by atoms with Crippen LogP contribution in [-0.4, -0.2) is 12.6 Å². The molecule has 0 radical (unpaired) electrons. The van der Waals surface area contributed by atoms with Crippen LogP contribution in [0.2, 0.25) is 0 Å². The lowest BCUT2D eigenvalue weighted by molar-refractivity contribution is 0.0953. The Hall–Kier alpha value is -1.06. The van der Waals surface area contributed by atoms with E-state index in [1.165, 1.54) is 0 Å². The zero-order valence-electron chi connectivity index (χ0n) is 6.38. The van der Waals surface area contributed by atoms with Crippen molar-refractivity contribution in [3.63, 3.8) is 0 Å². The fraction of sp³-hybridized carbons (Fsp3) is 0.125. The van der Waals surface area contributed by atoms with Crippen molar-refractivity contribution in [2.45, 2.75) is 0 Å². The van der Waals surface area contributed by atoms with Crippen molar-refractivity contribution in [3.05, 3.63) is 35.9 Å². The van der Waals surface area contributed by atoms with Gasteiger partial charge in [-0.15, -0.1) is 0 Å². The quantitative estimate of drug-likeness (QED) is 0.546. The molecule has 0 unspecified atom stereocenters. The maximum atomic E-state index is 11.2. The molecule has 0 fully saturated rings. The summed E-state index contributed by atoms with van der Waals surface area (Å²) in [7, 11) is 0. The number of rotatable bonds is 3. The first-order valence-corrected chi connectivity index (χ1v) is 3.89. The van der Waals surface area contributed by atoms with Crippen molar-refractivity contribution in [2.75, 3.05) is 6.67 Å². The van der Waals surface area contributed by atoms with Crippen LogP contribution < -0.4 is 10.2 Å². The highest BCUT2D eigenvalue weighted by atomic mass is 35.5. The van der Waals surface area contributed by atoms with Gasteiger partial charge in [-0.3, -0.25) is 4.79 Å². The van der Waals surface area contributed by atoms with Gasteiger partial charge < -0.3 is 5.32 Å². The molecule has 64 valence electrons. The van der Waals surface area contributed by atoms with E-state index in [-0.39, 0.29) is 12.6 Å². The van der Waals surface area contributed by atoms with E-state index in [1.54, 1.807) is 12.1 Å². The maximum absolute atomic E-state index is 11.2. The molecule has 0 heterocycles. The van der Waals surface area contributed by atoms with E-state index < -0.39 is 0 Å². The first kappa shape index (κ1) is 9.03. The molecule has 4 heteroatoms. The first-order valence-electron chi connectivity index (χ1n) is 3.51. The average Bonchev–Trinajstić information content (AvgIpc) is 2.15. The Morgan fingerprint density at radius 2 is 2.00 bits per heavy atom. The van der Waals surface area contributed by atoms with Gasteiger partial charge in [0.1, 0.15) is 0 Å². The number of carbonyl (C=O) groups is 1. The fourth-order valence-corrected chi connectivity index (χ4v) is 0.872. The molecular weight excluding hydrogens is 176 g/mol. The van der Waals surface area contributed by atoms with Crippen molar-refractivity contribution in [3.8, 4) is 0 Å². The number of benzene rings is 1. The number of carbonyl (C=O) groups excluding carboxylic acids is 1. The molecule has 0 atom stereocenters. The number of hydrogen-bond donors (Lipinski definition) is 2. The Labute approximate surface area is 75.8 Å². The third-order valence-corrected chi connectivity index (χ3v) is 1.49. The molecule has 0 saturated carbocycles. The van der Waals surface area contributed by atoms with E-state index in [4.69, 9.17) is 11.8 Å². The summed E-state index contributed by atoms with van der Waals surface area (Å²) in [5.74, 6) is -0.135. The highest BCUT2D eigenvalue weighted by Crippen LogP contribution is 1.96. The van der Waals surface area contributed by atoms with Crippen LogP contribution in [0.4, 0.5) is 0 Å². The zero-order valence-corrected chi connectivity index (χ0v) is 7.14. The molecule has 0 bridgehead atoms. The standard InChI is InChI=1S/C8H9ClN2O/c9-11-6-10-8(12)7-4-2-1-3-5-7/h1-5,11H,6H2,(H,10,12). The molecule has 3 nitrogen and oxygen atoms in total. The predicted octanol–water partition coefficient (Wildman–Crippen LogP) is 1.12. The van der Waals surface area contributed by atoms with Crippen molar-refractivity contribution in [1.82, 2.24) is 10.2 Å². The van der Waals surface area contributed by atoms with Gasteiger partial charge >= 0.3 is 0 Å². The maximum Gasteiger partial charge on any atom is 0.252 e. The van der Waals surface area contributed by atoms with Gasteiger partial charge in [-0.1, -0.05) is 18.2 Å². The molecule has 0 aliphatic carbocycles. The summed E-state index contributed by atoms with van der Waals surface area (Å²) in [4.78, 5) is 13.5. The third-order valence-electron chi connectivity index (χ3n) is 1.35. The van der Waals surface area contributed by atoms with Gasteiger partial charge in [0.05, 0.1) is 6.67 Å². The number of amides is 1. The predicted molar refractivity (Wildman–Crippen MR) is 47.8 cm³/mol. The second-order valence-corrected chi connectivity index (χ2v) is 2.45. The fourth-order valence-electron chi connectivity index (χ4n) is 0.805. The van der Waals surface area contributed by atoms with Crippen molar-refractivity contribution in [2.24, 2.45) is 0 Å². The summed E-state index contributed by atoms with van der Waals surface area (Å²) in [6, 6.07) is 8.95. The van der Waals surface area contributed by atoms with Crippen LogP contribution in [-0.2, 0) is 0 Å². The minimum absolute atomic E-state index is 0.135. The topological polar surface area (TPSA) is 41.1 Å². The Kier molecular flexibility index (Phi) is 3.57. The molecule has 1 aromatic carbocycles. The number of nitrogens with one attached hydrogen (secondary N) is 2. The van der Waals surface area contributed by atoms with Crippen LogP contribution >= 0.6 is 11.8 Å². The number of halogens is 1. The van der Waals surface area contributed by atoms with Gasteiger partial charge in [-0.05, 0) is 23.9 Å². The zero-order chi connectivity index (χ0) is 8.81. The summed E-state index contributed by atoms with van der Waals surface area (Å²) in [6.07, 6.45) is 0. The Morgan fingerprint density at radius 3 is 2.58 bits per heavy atom. The van der Waals surface area contributed by atoms with Gasteiger partial charge in [0, 0.05) is 5.56 Å². The second-order valence-electron chi connectivity index (χ2n) is 2.18. The Bertz CT molecular complexity index is 250. The molecule has 0 saturated heterocycles. The normalized spacial score (nSPS) is 9.42. The highest BCUT2D eigenvalue weighted by molar-refractivity contribution is 6.13. The van der Waals surface area contributed by atoms with E-state index in [1.807, 2.05) is 18.2 Å². The molecule has 1 rings (SSSR count). The smallest absolute Gasteiger partial charge is 0.252 e. The molecule has 2 N–H and O–H groups in total. The van der Waals surface area contributed by atoms with Gasteiger partial charge in [0.15, 0.2) is 0 Å². The molecular formula is C8H9ClN2O. The van der Waals surface area contributed by atoms with Crippen LogP contribution in [0, 0.1) is 0 Å². The lowest BCUT2D eigenvalue weighted by Crippen LogP contribution is -2.29. The summed E-state index contributed by atoms with van der Waals surface area (Å²) in [6.45, 7) is 0.259. The van der Waals surface area contributed by atoms with Gasteiger partial charge in [0.2, 0.25) is 0 Å². The molecule has 1 amide bonds. The summed E-state index contributed by atoms with van der Waals surface area (Å²) >= 11 is 5.17. The molecule has 0 aliphatic rings. The van der Waals surface area contributed by atoms with Gasteiger partial charge in [0.25, 0.3) is 5.91 Å². The lowest BCUT2D eigenvalue weighted by atomic mass is 10.2. The average molecular weight is 185 g/mol. The van der Waals surface area contributed by atoms with Crippen molar-refractivity contribution in [1.29, 1.82) is 0 Å². The minimum Gasteiger partial charge on any atom is -0.338 e. The van der Waals surface area contributed by atoms with Gasteiger partial charge in [-0.2, -0.15) is 0 Å². The molecule has 1 aromatic rings. The van der Waals surface area contributed by atoms with Crippen LogP contribution in [0.1, 0.15) is 10.4 Å². The van der Waals surface area contributed by atoms with Crippen LogP contribution in [0.3, 0.4) is 0 Å². The summed E-state index contributed by atoms with van der Waals surface area (Å²) in [5.41, 5.74) is 0.629. The third kappa shape index (κ3) is 2.53. The molecule has 0 spiro atoms. The molecule has 0 aromatic heterocycles. The number of hydrogen-bond acceptors (Lipinski definition) is 2. The second kappa shape index (κ2) is 4.74. The lowest BCUT2D eigenvalue weighted by Gasteiger charge is -2.01. The highest BCUT2D eigenvalue weighted by Gasteiger charge is 2.00. The van der Waals surface area contributed by atoms with E-state index in [2.05, 4.69) is 10.2 Å². The van der Waals surface area contributed by atoms with Gasteiger partial charge in [-0.25, -0.2) is 4.84 Å². The SMILES string of the molecule is O=C(NCNCl)c1ccccc1. The minimum atomic E-state index is -0.135. The summed E-state index contributed by atoms with van der Waals surface area (Å²) in [5, 5.41) is 2.57. The Morgan fingerprint density at radius 1 is 1.33 bits per heavy atom. The van der Waals surface area contributed by atoms with Crippen molar-refractivity contribution < 1.29 is 4.79 Å². The van der Waals surface area contributed by atoms with E-state index >= 15 is 0 Å². The van der Waals surface area contributed by atoms with E-state index in [0.29, 0.717) is 5.56 Å². The van der Waals surface area contributed by atoms with E-state index in [9.17, 15) is 4.79 Å². The van der Waals surface area contributed by atoms with Crippen molar-refractivity contribution >= 4 is 17.7 Å². The monoisotopic (exact) mass is 184 g/mol. The van der Waals surface area contributed by atoms with E-state index in [0.717, 1.165) is 0 Å². The molecule has 12 heavy (non-hydrogen) atoms. The van der Waals surface area contributed by atoms with Crippen LogP contribution in [0.15, 0.2) is 30.3 Å².